The summed E-state index contributed by atoms with van der Waals surface area (Å²) in [6, 6.07) is 0.860. The summed E-state index contributed by atoms with van der Waals surface area (Å²) in [5, 5.41) is 12.3. The Morgan fingerprint density at radius 2 is 2.23 bits per heavy atom. The molecule has 13 heavy (non-hydrogen) atoms. The van der Waals surface area contributed by atoms with Gasteiger partial charge in [-0.3, -0.25) is 4.90 Å². The summed E-state index contributed by atoms with van der Waals surface area (Å²) in [4.78, 5) is 2.51. The van der Waals surface area contributed by atoms with Crippen molar-refractivity contribution in [1.29, 1.82) is 0 Å². The molecule has 1 atom stereocenters. The Labute approximate surface area is 81.1 Å². The third-order valence-electron chi connectivity index (χ3n) is 2.48. The number of aliphatic hydroxyl groups excluding tert-OH is 1. The predicted molar refractivity (Wildman–Crippen MR) is 54.8 cm³/mol. The third kappa shape index (κ3) is 4.60. The van der Waals surface area contributed by atoms with E-state index < -0.39 is 0 Å². The van der Waals surface area contributed by atoms with Crippen LogP contribution in [0.1, 0.15) is 26.7 Å². The van der Waals surface area contributed by atoms with Gasteiger partial charge in [-0.15, -0.1) is 0 Å². The van der Waals surface area contributed by atoms with Crippen molar-refractivity contribution in [3.63, 3.8) is 0 Å². The molecule has 1 aliphatic carbocycles. The van der Waals surface area contributed by atoms with E-state index in [1.165, 1.54) is 12.8 Å². The molecule has 0 saturated heterocycles. The van der Waals surface area contributed by atoms with Gasteiger partial charge in [-0.1, -0.05) is 6.92 Å². The molecular formula is C10H22N2O. The average Bonchev–Trinajstić information content (AvgIpc) is 2.87. The standard InChI is InChI=1S/C10H22N2O/c1-3-12(10-4-5-10)7-6-11-8-9(2)13/h9-11,13H,3-8H2,1-2H3/t9-/m1/s1. The molecule has 0 aliphatic heterocycles. The van der Waals surface area contributed by atoms with Gasteiger partial charge in [-0.2, -0.15) is 0 Å². The van der Waals surface area contributed by atoms with Gasteiger partial charge in [0.1, 0.15) is 0 Å². The molecule has 0 aromatic carbocycles. The Hall–Kier alpha value is -0.120. The van der Waals surface area contributed by atoms with Crippen LogP contribution in [0.5, 0.6) is 0 Å². The molecule has 1 aliphatic rings. The zero-order chi connectivity index (χ0) is 9.68. The fourth-order valence-electron chi connectivity index (χ4n) is 1.57. The smallest absolute Gasteiger partial charge is 0.0636 e. The Bertz CT molecular complexity index is 135. The second kappa shape index (κ2) is 5.58. The first-order chi connectivity index (χ1) is 6.24. The summed E-state index contributed by atoms with van der Waals surface area (Å²) in [5.41, 5.74) is 0. The van der Waals surface area contributed by atoms with E-state index in [1.807, 2.05) is 6.92 Å². The number of nitrogens with zero attached hydrogens (tertiary/aromatic N) is 1. The van der Waals surface area contributed by atoms with Crippen LogP contribution in [-0.2, 0) is 0 Å². The highest BCUT2D eigenvalue weighted by Gasteiger charge is 2.26. The Balaban J connectivity index is 1.96. The minimum absolute atomic E-state index is 0.226. The summed E-state index contributed by atoms with van der Waals surface area (Å²) in [6.45, 7) is 8.00. The van der Waals surface area contributed by atoms with Crippen LogP contribution in [-0.4, -0.2) is 48.3 Å². The van der Waals surface area contributed by atoms with Crippen molar-refractivity contribution in [3.05, 3.63) is 0 Å². The highest BCUT2D eigenvalue weighted by atomic mass is 16.3. The Morgan fingerprint density at radius 1 is 1.54 bits per heavy atom. The Kier molecular flexibility index (Phi) is 4.70. The SMILES string of the molecule is CCN(CCNC[C@@H](C)O)C1CC1. The van der Waals surface area contributed by atoms with Crippen molar-refractivity contribution in [1.82, 2.24) is 10.2 Å². The van der Waals surface area contributed by atoms with Crippen LogP contribution in [0, 0.1) is 0 Å². The monoisotopic (exact) mass is 186 g/mol. The minimum Gasteiger partial charge on any atom is -0.392 e. The lowest BCUT2D eigenvalue weighted by Gasteiger charge is -2.19. The van der Waals surface area contributed by atoms with Gasteiger partial charge in [0.2, 0.25) is 0 Å². The van der Waals surface area contributed by atoms with Crippen LogP contribution in [0.25, 0.3) is 0 Å². The summed E-state index contributed by atoms with van der Waals surface area (Å²) in [6.07, 6.45) is 2.53. The lowest BCUT2D eigenvalue weighted by molar-refractivity contribution is 0.187. The van der Waals surface area contributed by atoms with E-state index >= 15 is 0 Å². The van der Waals surface area contributed by atoms with Gasteiger partial charge in [0.25, 0.3) is 0 Å². The molecule has 1 saturated carbocycles. The molecular weight excluding hydrogens is 164 g/mol. The average molecular weight is 186 g/mol. The second-order valence-electron chi connectivity index (χ2n) is 3.91. The summed E-state index contributed by atoms with van der Waals surface area (Å²) in [5.74, 6) is 0. The summed E-state index contributed by atoms with van der Waals surface area (Å²) < 4.78 is 0. The maximum atomic E-state index is 9.02. The van der Waals surface area contributed by atoms with Gasteiger partial charge in [0, 0.05) is 25.7 Å². The van der Waals surface area contributed by atoms with Gasteiger partial charge in [0.05, 0.1) is 6.10 Å². The maximum Gasteiger partial charge on any atom is 0.0636 e. The predicted octanol–water partition coefficient (Wildman–Crippen LogP) is 0.441. The van der Waals surface area contributed by atoms with Crippen LogP contribution >= 0.6 is 0 Å². The fraction of sp³-hybridized carbons (Fsp3) is 1.00. The van der Waals surface area contributed by atoms with Crippen LogP contribution in [0.15, 0.2) is 0 Å². The van der Waals surface area contributed by atoms with E-state index in [0.717, 1.165) is 25.7 Å². The normalized spacial score (nSPS) is 19.4. The molecule has 3 heteroatoms. The summed E-state index contributed by atoms with van der Waals surface area (Å²) in [7, 11) is 0. The number of rotatable bonds is 7. The molecule has 0 unspecified atom stereocenters. The van der Waals surface area contributed by atoms with E-state index in [2.05, 4.69) is 17.1 Å². The van der Waals surface area contributed by atoms with Gasteiger partial charge >= 0.3 is 0 Å². The first kappa shape index (κ1) is 11.0. The molecule has 0 heterocycles. The number of hydrogen-bond donors (Lipinski definition) is 2. The molecule has 0 spiro atoms. The van der Waals surface area contributed by atoms with Crippen molar-refractivity contribution >= 4 is 0 Å². The molecule has 0 aromatic heterocycles. The van der Waals surface area contributed by atoms with Gasteiger partial charge in [-0.25, -0.2) is 0 Å². The fourth-order valence-corrected chi connectivity index (χ4v) is 1.57. The lowest BCUT2D eigenvalue weighted by atomic mass is 10.4. The van der Waals surface area contributed by atoms with E-state index in [4.69, 9.17) is 5.11 Å². The highest BCUT2D eigenvalue weighted by molar-refractivity contribution is 4.83. The van der Waals surface area contributed by atoms with E-state index in [-0.39, 0.29) is 6.10 Å². The lowest BCUT2D eigenvalue weighted by Crippen LogP contribution is -2.35. The van der Waals surface area contributed by atoms with Gasteiger partial charge in [-0.05, 0) is 26.3 Å². The highest BCUT2D eigenvalue weighted by Crippen LogP contribution is 2.25. The maximum absolute atomic E-state index is 9.02. The van der Waals surface area contributed by atoms with E-state index in [1.54, 1.807) is 0 Å². The molecule has 3 nitrogen and oxygen atoms in total. The van der Waals surface area contributed by atoms with Gasteiger partial charge in [0.15, 0.2) is 0 Å². The number of aliphatic hydroxyl groups is 1. The molecule has 1 rings (SSSR count). The van der Waals surface area contributed by atoms with Crippen molar-refractivity contribution in [2.24, 2.45) is 0 Å². The van der Waals surface area contributed by atoms with Crippen LogP contribution in [0.4, 0.5) is 0 Å². The molecule has 0 radical (unpaired) electrons. The quantitative estimate of drug-likeness (QED) is 0.566. The molecule has 0 bridgehead atoms. The number of nitrogens with one attached hydrogen (secondary N) is 1. The van der Waals surface area contributed by atoms with Gasteiger partial charge < -0.3 is 10.4 Å². The largest absolute Gasteiger partial charge is 0.392 e. The van der Waals surface area contributed by atoms with Crippen molar-refractivity contribution in [3.8, 4) is 0 Å². The second-order valence-corrected chi connectivity index (χ2v) is 3.91. The Morgan fingerprint density at radius 3 is 2.69 bits per heavy atom. The van der Waals surface area contributed by atoms with E-state index in [0.29, 0.717) is 6.54 Å². The van der Waals surface area contributed by atoms with Crippen molar-refractivity contribution in [2.45, 2.75) is 38.8 Å². The van der Waals surface area contributed by atoms with Crippen molar-refractivity contribution < 1.29 is 5.11 Å². The molecule has 1 fully saturated rings. The zero-order valence-electron chi connectivity index (χ0n) is 8.79. The molecule has 2 N–H and O–H groups in total. The van der Waals surface area contributed by atoms with Crippen LogP contribution in [0.3, 0.4) is 0 Å². The van der Waals surface area contributed by atoms with Crippen LogP contribution in [0.2, 0.25) is 0 Å². The first-order valence-electron chi connectivity index (χ1n) is 5.37. The molecule has 78 valence electrons. The first-order valence-corrected chi connectivity index (χ1v) is 5.37. The zero-order valence-corrected chi connectivity index (χ0v) is 8.79. The minimum atomic E-state index is -0.226. The van der Waals surface area contributed by atoms with Crippen LogP contribution < -0.4 is 5.32 Å². The molecule has 0 amide bonds. The topological polar surface area (TPSA) is 35.5 Å². The number of likely N-dealkylation sites (N-methyl/N-ethyl adjacent to an activating group) is 1. The van der Waals surface area contributed by atoms with Crippen molar-refractivity contribution in [2.75, 3.05) is 26.2 Å². The van der Waals surface area contributed by atoms with E-state index in [9.17, 15) is 0 Å². The number of hydrogen-bond acceptors (Lipinski definition) is 3. The molecule has 0 aromatic rings. The third-order valence-corrected chi connectivity index (χ3v) is 2.48. The summed E-state index contributed by atoms with van der Waals surface area (Å²) >= 11 is 0.